The van der Waals surface area contributed by atoms with Gasteiger partial charge in [0.15, 0.2) is 0 Å². The quantitative estimate of drug-likeness (QED) is 0.483. The molecule has 1 aromatic carbocycles. The fourth-order valence-corrected chi connectivity index (χ4v) is 2.27. The molecular formula is C17H30N2O3. The van der Waals surface area contributed by atoms with Gasteiger partial charge in [0.05, 0.1) is 14.2 Å². The van der Waals surface area contributed by atoms with E-state index in [-0.39, 0.29) is 0 Å². The van der Waals surface area contributed by atoms with Gasteiger partial charge in [0.2, 0.25) is 0 Å². The van der Waals surface area contributed by atoms with Gasteiger partial charge in [-0.1, -0.05) is 0 Å². The second-order valence-corrected chi connectivity index (χ2v) is 5.21. The molecule has 126 valence electrons. The summed E-state index contributed by atoms with van der Waals surface area (Å²) in [5.41, 5.74) is 1.16. The van der Waals surface area contributed by atoms with Crippen molar-refractivity contribution in [3.8, 4) is 11.5 Å². The number of benzene rings is 1. The van der Waals surface area contributed by atoms with Gasteiger partial charge in [-0.25, -0.2) is 0 Å². The minimum absolute atomic E-state index is 0.301. The first-order chi connectivity index (χ1) is 10.8. The van der Waals surface area contributed by atoms with Crippen molar-refractivity contribution in [3.05, 3.63) is 23.8 Å². The lowest BCUT2D eigenvalue weighted by Crippen LogP contribution is -2.29. The highest BCUT2D eigenvalue weighted by Crippen LogP contribution is 2.23. The van der Waals surface area contributed by atoms with E-state index in [0.29, 0.717) is 6.61 Å². The molecule has 0 aliphatic carbocycles. The number of aliphatic hydroxyl groups excluding tert-OH is 1. The molecule has 0 bridgehead atoms. The van der Waals surface area contributed by atoms with E-state index < -0.39 is 0 Å². The molecule has 3 N–H and O–H groups in total. The minimum atomic E-state index is 0.301. The largest absolute Gasteiger partial charge is 0.497 e. The minimum Gasteiger partial charge on any atom is -0.497 e. The lowest BCUT2D eigenvalue weighted by atomic mass is 10.1. The van der Waals surface area contributed by atoms with Crippen LogP contribution in [0.25, 0.3) is 0 Å². The van der Waals surface area contributed by atoms with Gasteiger partial charge in [-0.15, -0.1) is 0 Å². The molecule has 0 heterocycles. The van der Waals surface area contributed by atoms with Crippen molar-refractivity contribution >= 4 is 0 Å². The fraction of sp³-hybridized carbons (Fsp3) is 0.647. The molecular weight excluding hydrogens is 280 g/mol. The Morgan fingerprint density at radius 1 is 0.909 bits per heavy atom. The Bertz CT molecular complexity index is 399. The highest BCUT2D eigenvalue weighted by atomic mass is 16.5. The van der Waals surface area contributed by atoms with Crippen LogP contribution in [0.3, 0.4) is 0 Å². The van der Waals surface area contributed by atoms with Crippen molar-refractivity contribution in [2.45, 2.75) is 25.7 Å². The van der Waals surface area contributed by atoms with E-state index in [1.54, 1.807) is 14.2 Å². The van der Waals surface area contributed by atoms with Crippen LogP contribution >= 0.6 is 0 Å². The summed E-state index contributed by atoms with van der Waals surface area (Å²) in [5, 5.41) is 15.5. The topological polar surface area (TPSA) is 62.8 Å². The van der Waals surface area contributed by atoms with Gasteiger partial charge in [-0.3, -0.25) is 0 Å². The molecule has 5 heteroatoms. The number of aliphatic hydroxyl groups is 1. The third-order valence-electron chi connectivity index (χ3n) is 3.55. The zero-order valence-electron chi connectivity index (χ0n) is 13.9. The van der Waals surface area contributed by atoms with E-state index in [4.69, 9.17) is 14.6 Å². The summed E-state index contributed by atoms with van der Waals surface area (Å²) in [7, 11) is 3.37. The monoisotopic (exact) mass is 310 g/mol. The highest BCUT2D eigenvalue weighted by Gasteiger charge is 2.04. The lowest BCUT2D eigenvalue weighted by Gasteiger charge is -2.11. The molecule has 0 amide bonds. The van der Waals surface area contributed by atoms with Crippen molar-refractivity contribution in [1.29, 1.82) is 0 Å². The molecule has 0 aliphatic heterocycles. The Kier molecular flexibility index (Phi) is 10.5. The summed E-state index contributed by atoms with van der Waals surface area (Å²) in [5.74, 6) is 1.77. The van der Waals surface area contributed by atoms with Crippen LogP contribution in [0, 0.1) is 0 Å². The lowest BCUT2D eigenvalue weighted by molar-refractivity contribution is 0.283. The van der Waals surface area contributed by atoms with Crippen LogP contribution in [-0.2, 0) is 6.42 Å². The van der Waals surface area contributed by atoms with Crippen LogP contribution in [0.4, 0.5) is 0 Å². The number of methoxy groups -OCH3 is 2. The first-order valence-electron chi connectivity index (χ1n) is 8.05. The van der Waals surface area contributed by atoms with Crippen LogP contribution < -0.4 is 20.1 Å². The number of rotatable bonds is 13. The van der Waals surface area contributed by atoms with E-state index in [0.717, 1.165) is 68.9 Å². The molecule has 0 spiro atoms. The molecule has 0 aliphatic rings. The first-order valence-corrected chi connectivity index (χ1v) is 8.05. The summed E-state index contributed by atoms with van der Waals surface area (Å²) >= 11 is 0. The summed E-state index contributed by atoms with van der Waals surface area (Å²) < 4.78 is 10.6. The Morgan fingerprint density at radius 2 is 1.68 bits per heavy atom. The van der Waals surface area contributed by atoms with Gasteiger partial charge in [0.1, 0.15) is 11.5 Å². The summed E-state index contributed by atoms with van der Waals surface area (Å²) in [6, 6.07) is 5.89. The van der Waals surface area contributed by atoms with E-state index in [2.05, 4.69) is 10.6 Å². The van der Waals surface area contributed by atoms with E-state index >= 15 is 0 Å². The normalized spacial score (nSPS) is 10.7. The molecule has 0 saturated heterocycles. The van der Waals surface area contributed by atoms with E-state index in [9.17, 15) is 0 Å². The average Bonchev–Trinajstić information content (AvgIpc) is 2.56. The summed E-state index contributed by atoms with van der Waals surface area (Å²) in [4.78, 5) is 0. The van der Waals surface area contributed by atoms with Gasteiger partial charge in [0, 0.05) is 19.7 Å². The predicted molar refractivity (Wildman–Crippen MR) is 89.9 cm³/mol. The van der Waals surface area contributed by atoms with Crippen LogP contribution in [0.1, 0.15) is 24.8 Å². The van der Waals surface area contributed by atoms with Gasteiger partial charge in [0.25, 0.3) is 0 Å². The molecule has 0 saturated carbocycles. The maximum atomic E-state index is 8.68. The number of hydrogen-bond acceptors (Lipinski definition) is 5. The van der Waals surface area contributed by atoms with Crippen molar-refractivity contribution in [3.63, 3.8) is 0 Å². The van der Waals surface area contributed by atoms with Gasteiger partial charge >= 0.3 is 0 Å². The average molecular weight is 310 g/mol. The molecule has 0 unspecified atom stereocenters. The third-order valence-corrected chi connectivity index (χ3v) is 3.55. The number of unbranched alkanes of at least 4 members (excludes halogenated alkanes) is 2. The van der Waals surface area contributed by atoms with Gasteiger partial charge in [-0.05, 0) is 62.5 Å². The Hall–Kier alpha value is -1.30. The Morgan fingerprint density at radius 3 is 2.36 bits per heavy atom. The van der Waals surface area contributed by atoms with Gasteiger partial charge in [-0.2, -0.15) is 0 Å². The highest BCUT2D eigenvalue weighted by molar-refractivity contribution is 5.40. The standard InChI is InChI=1S/C17H30N2O3/c1-21-16-6-7-17(22-2)15(14-16)8-10-19-12-11-18-9-4-3-5-13-20/h6-7,14,18-20H,3-5,8-13H2,1-2H3. The van der Waals surface area contributed by atoms with Crippen molar-refractivity contribution in [1.82, 2.24) is 10.6 Å². The van der Waals surface area contributed by atoms with Crippen molar-refractivity contribution < 1.29 is 14.6 Å². The molecule has 0 atom stereocenters. The van der Waals surface area contributed by atoms with Crippen LogP contribution in [-0.4, -0.2) is 52.1 Å². The smallest absolute Gasteiger partial charge is 0.122 e. The fourth-order valence-electron chi connectivity index (χ4n) is 2.27. The first kappa shape index (κ1) is 18.7. The predicted octanol–water partition coefficient (Wildman–Crippen LogP) is 1.59. The van der Waals surface area contributed by atoms with Crippen LogP contribution in [0.5, 0.6) is 11.5 Å². The molecule has 5 nitrogen and oxygen atoms in total. The SMILES string of the molecule is COc1ccc(OC)c(CCNCCNCCCCCO)c1. The van der Waals surface area contributed by atoms with Crippen molar-refractivity contribution in [2.75, 3.05) is 47.0 Å². The molecule has 1 aromatic rings. The van der Waals surface area contributed by atoms with Crippen molar-refractivity contribution in [2.24, 2.45) is 0 Å². The van der Waals surface area contributed by atoms with E-state index in [1.807, 2.05) is 18.2 Å². The summed E-state index contributed by atoms with van der Waals surface area (Å²) in [6.07, 6.45) is 4.04. The second-order valence-electron chi connectivity index (χ2n) is 5.21. The number of hydrogen-bond donors (Lipinski definition) is 3. The van der Waals surface area contributed by atoms with Crippen LogP contribution in [0.2, 0.25) is 0 Å². The van der Waals surface area contributed by atoms with Gasteiger partial charge < -0.3 is 25.2 Å². The third kappa shape index (κ3) is 7.64. The summed E-state index contributed by atoms with van der Waals surface area (Å²) in [6.45, 7) is 4.15. The zero-order valence-corrected chi connectivity index (χ0v) is 13.9. The van der Waals surface area contributed by atoms with Crippen LogP contribution in [0.15, 0.2) is 18.2 Å². The molecule has 22 heavy (non-hydrogen) atoms. The molecule has 1 rings (SSSR count). The second kappa shape index (κ2) is 12.3. The number of nitrogens with one attached hydrogen (secondary N) is 2. The molecule has 0 fully saturated rings. The zero-order chi connectivity index (χ0) is 16.0. The Balaban J connectivity index is 2.11. The Labute approximate surface area is 134 Å². The molecule has 0 radical (unpaired) electrons. The maximum Gasteiger partial charge on any atom is 0.122 e. The molecule has 0 aromatic heterocycles. The van der Waals surface area contributed by atoms with E-state index in [1.165, 1.54) is 0 Å². The number of ether oxygens (including phenoxy) is 2. The maximum absolute atomic E-state index is 8.68.